The number of ether oxygens (including phenoxy) is 1. The smallest absolute Gasteiger partial charge is 0.119 e. The number of nitrogens with zero attached hydrogens (tertiary/aromatic N) is 2. The van der Waals surface area contributed by atoms with Crippen LogP contribution in [0.15, 0.2) is 73.1 Å². The minimum Gasteiger partial charge on any atom is -0.508 e. The maximum Gasteiger partial charge on any atom is 0.119 e. The standard InChI is InChI=1S/C26H25ClN2O2/c1-3-23(20-8-13-25-24(16-20)28-17-29(25)2)26(18-4-9-21(30)10-5-18)19-6-11-22(12-7-19)31-15-14-27/h4-13,16-17,30H,3,14-15H2,1-2H3/b26-23+. The first-order valence-corrected chi connectivity index (χ1v) is 10.9. The second-order valence-electron chi connectivity index (χ2n) is 7.37. The van der Waals surface area contributed by atoms with Crippen molar-refractivity contribution >= 4 is 33.8 Å². The fraction of sp³-hybridized carbons (Fsp3) is 0.192. The summed E-state index contributed by atoms with van der Waals surface area (Å²) in [6.45, 7) is 2.64. The van der Waals surface area contributed by atoms with Gasteiger partial charge in [-0.15, -0.1) is 11.6 Å². The summed E-state index contributed by atoms with van der Waals surface area (Å²) in [6.07, 6.45) is 2.68. The maximum absolute atomic E-state index is 9.81. The van der Waals surface area contributed by atoms with Crippen LogP contribution in [0.4, 0.5) is 0 Å². The van der Waals surface area contributed by atoms with E-state index in [1.807, 2.05) is 42.2 Å². The fourth-order valence-electron chi connectivity index (χ4n) is 3.87. The quantitative estimate of drug-likeness (QED) is 0.276. The van der Waals surface area contributed by atoms with Gasteiger partial charge in [-0.05, 0) is 70.7 Å². The molecule has 0 saturated heterocycles. The Morgan fingerprint density at radius 3 is 2.26 bits per heavy atom. The maximum atomic E-state index is 9.81. The van der Waals surface area contributed by atoms with Gasteiger partial charge < -0.3 is 14.4 Å². The van der Waals surface area contributed by atoms with Gasteiger partial charge >= 0.3 is 0 Å². The average Bonchev–Trinajstić information content (AvgIpc) is 3.17. The van der Waals surface area contributed by atoms with E-state index in [2.05, 4.69) is 42.2 Å². The van der Waals surface area contributed by atoms with E-state index in [4.69, 9.17) is 16.3 Å². The van der Waals surface area contributed by atoms with Crippen LogP contribution in [0.1, 0.15) is 30.0 Å². The Kier molecular flexibility index (Phi) is 6.28. The van der Waals surface area contributed by atoms with Gasteiger partial charge in [-0.25, -0.2) is 4.98 Å². The SMILES string of the molecule is CC/C(=C(/c1ccc(O)cc1)c1ccc(OCCCl)cc1)c1ccc2c(c1)ncn2C. The van der Waals surface area contributed by atoms with Crippen LogP contribution in [0.2, 0.25) is 0 Å². The van der Waals surface area contributed by atoms with Crippen molar-refractivity contribution < 1.29 is 9.84 Å². The lowest BCUT2D eigenvalue weighted by atomic mass is 9.88. The summed E-state index contributed by atoms with van der Waals surface area (Å²) in [5.41, 5.74) is 7.69. The second kappa shape index (κ2) is 9.27. The second-order valence-corrected chi connectivity index (χ2v) is 7.75. The number of rotatable bonds is 7. The summed E-state index contributed by atoms with van der Waals surface area (Å²) >= 11 is 5.74. The molecule has 0 atom stereocenters. The van der Waals surface area contributed by atoms with Crippen molar-refractivity contribution in [2.24, 2.45) is 7.05 Å². The molecule has 0 amide bonds. The highest BCUT2D eigenvalue weighted by molar-refractivity contribution is 6.18. The number of phenolic OH excluding ortho intramolecular Hbond substituents is 1. The number of benzene rings is 3. The summed E-state index contributed by atoms with van der Waals surface area (Å²) in [5, 5.41) is 9.81. The summed E-state index contributed by atoms with van der Waals surface area (Å²) in [6, 6.07) is 21.9. The normalized spacial score (nSPS) is 12.1. The summed E-state index contributed by atoms with van der Waals surface area (Å²) in [7, 11) is 2.00. The van der Waals surface area contributed by atoms with E-state index < -0.39 is 0 Å². The topological polar surface area (TPSA) is 47.3 Å². The highest BCUT2D eigenvalue weighted by atomic mass is 35.5. The minimum absolute atomic E-state index is 0.251. The van der Waals surface area contributed by atoms with E-state index in [0.29, 0.717) is 12.5 Å². The highest BCUT2D eigenvalue weighted by Gasteiger charge is 2.14. The first-order valence-electron chi connectivity index (χ1n) is 10.3. The van der Waals surface area contributed by atoms with E-state index in [1.54, 1.807) is 12.1 Å². The van der Waals surface area contributed by atoms with Gasteiger partial charge in [-0.3, -0.25) is 0 Å². The van der Waals surface area contributed by atoms with Crippen molar-refractivity contribution in [1.82, 2.24) is 9.55 Å². The predicted molar refractivity (Wildman–Crippen MR) is 128 cm³/mol. The molecule has 0 unspecified atom stereocenters. The molecule has 5 heteroatoms. The van der Waals surface area contributed by atoms with Crippen LogP contribution in [-0.4, -0.2) is 27.1 Å². The first kappa shape index (κ1) is 21.0. The van der Waals surface area contributed by atoms with Gasteiger partial charge in [-0.1, -0.05) is 37.3 Å². The van der Waals surface area contributed by atoms with Gasteiger partial charge in [0.25, 0.3) is 0 Å². The van der Waals surface area contributed by atoms with Crippen LogP contribution in [0.5, 0.6) is 11.5 Å². The Hall–Kier alpha value is -3.24. The molecule has 4 rings (SSSR count). The van der Waals surface area contributed by atoms with Crippen molar-refractivity contribution in [3.8, 4) is 11.5 Å². The number of halogens is 1. The van der Waals surface area contributed by atoms with Crippen molar-refractivity contribution in [3.63, 3.8) is 0 Å². The third kappa shape index (κ3) is 4.44. The van der Waals surface area contributed by atoms with E-state index in [1.165, 1.54) is 5.57 Å². The Bertz CT molecular complexity index is 1210. The first-order chi connectivity index (χ1) is 15.1. The Morgan fingerprint density at radius 1 is 0.968 bits per heavy atom. The summed E-state index contributed by atoms with van der Waals surface area (Å²) in [5.74, 6) is 1.50. The molecule has 0 spiro atoms. The predicted octanol–water partition coefficient (Wildman–Crippen LogP) is 6.27. The number of hydrogen-bond acceptors (Lipinski definition) is 3. The summed E-state index contributed by atoms with van der Waals surface area (Å²) in [4.78, 5) is 4.53. The van der Waals surface area contributed by atoms with Gasteiger partial charge in [0.2, 0.25) is 0 Å². The number of hydrogen-bond donors (Lipinski definition) is 1. The molecule has 0 bridgehead atoms. The van der Waals surface area contributed by atoms with Gasteiger partial charge in [0.1, 0.15) is 18.1 Å². The third-order valence-electron chi connectivity index (χ3n) is 5.37. The number of alkyl halides is 1. The molecule has 158 valence electrons. The van der Waals surface area contributed by atoms with Crippen LogP contribution >= 0.6 is 11.6 Å². The van der Waals surface area contributed by atoms with Gasteiger partial charge in [-0.2, -0.15) is 0 Å². The van der Waals surface area contributed by atoms with E-state index in [-0.39, 0.29) is 5.75 Å². The number of phenols is 1. The van der Waals surface area contributed by atoms with Crippen LogP contribution in [0.3, 0.4) is 0 Å². The van der Waals surface area contributed by atoms with Crippen molar-refractivity contribution in [3.05, 3.63) is 89.7 Å². The number of imidazole rings is 1. The molecule has 1 heterocycles. The molecular weight excluding hydrogens is 408 g/mol. The largest absolute Gasteiger partial charge is 0.508 e. The molecule has 0 saturated carbocycles. The molecule has 31 heavy (non-hydrogen) atoms. The Balaban J connectivity index is 1.88. The molecule has 4 nitrogen and oxygen atoms in total. The average molecular weight is 433 g/mol. The van der Waals surface area contributed by atoms with Crippen LogP contribution < -0.4 is 4.74 Å². The van der Waals surface area contributed by atoms with Crippen molar-refractivity contribution in [2.75, 3.05) is 12.5 Å². The molecule has 0 aliphatic carbocycles. The van der Waals surface area contributed by atoms with E-state index in [0.717, 1.165) is 45.5 Å². The van der Waals surface area contributed by atoms with Crippen molar-refractivity contribution in [1.29, 1.82) is 0 Å². The zero-order valence-corrected chi connectivity index (χ0v) is 18.4. The molecule has 1 N–H and O–H groups in total. The molecule has 3 aromatic carbocycles. The lowest BCUT2D eigenvalue weighted by Gasteiger charge is -2.17. The lowest BCUT2D eigenvalue weighted by molar-refractivity contribution is 0.343. The van der Waals surface area contributed by atoms with Crippen LogP contribution in [0.25, 0.3) is 22.2 Å². The molecule has 0 fully saturated rings. The molecule has 0 aliphatic rings. The molecular formula is C26H25ClN2O2. The zero-order chi connectivity index (χ0) is 21.8. The Morgan fingerprint density at radius 2 is 1.61 bits per heavy atom. The number of aryl methyl sites for hydroxylation is 1. The highest BCUT2D eigenvalue weighted by Crippen LogP contribution is 2.36. The van der Waals surface area contributed by atoms with E-state index in [9.17, 15) is 5.11 Å². The van der Waals surface area contributed by atoms with Gasteiger partial charge in [0.15, 0.2) is 0 Å². The number of aromatic hydroxyl groups is 1. The number of aromatic nitrogens is 2. The molecule has 0 radical (unpaired) electrons. The number of allylic oxidation sites excluding steroid dienone is 1. The lowest BCUT2D eigenvalue weighted by Crippen LogP contribution is -1.99. The monoisotopic (exact) mass is 432 g/mol. The third-order valence-corrected chi connectivity index (χ3v) is 5.53. The number of fused-ring (bicyclic) bond motifs is 1. The van der Waals surface area contributed by atoms with Gasteiger partial charge in [0, 0.05) is 7.05 Å². The fourth-order valence-corrected chi connectivity index (χ4v) is 3.94. The van der Waals surface area contributed by atoms with E-state index >= 15 is 0 Å². The van der Waals surface area contributed by atoms with Crippen LogP contribution in [-0.2, 0) is 7.05 Å². The molecule has 4 aromatic rings. The zero-order valence-electron chi connectivity index (χ0n) is 17.7. The summed E-state index contributed by atoms with van der Waals surface area (Å²) < 4.78 is 7.66. The minimum atomic E-state index is 0.251. The van der Waals surface area contributed by atoms with Crippen LogP contribution in [0, 0.1) is 0 Å². The molecule has 1 aromatic heterocycles. The van der Waals surface area contributed by atoms with Gasteiger partial charge in [0.05, 0.1) is 23.2 Å². The van der Waals surface area contributed by atoms with Crippen molar-refractivity contribution in [2.45, 2.75) is 13.3 Å². The Labute approximate surface area is 187 Å². The molecule has 0 aliphatic heterocycles.